The van der Waals surface area contributed by atoms with Gasteiger partial charge in [-0.1, -0.05) is 0 Å². The Morgan fingerprint density at radius 3 is 2.54 bits per heavy atom. The fourth-order valence-corrected chi connectivity index (χ4v) is 1.05. The summed E-state index contributed by atoms with van der Waals surface area (Å²) in [6, 6.07) is 1.22. The number of alkyl halides is 3. The standard InChI is InChI=1S/C6H4BrF3N2O/c7-3-1-5(11)12-2-4(3)13-6(8,9)10/h1-2H,(H2,11,12). The Hall–Kier alpha value is -0.980. The van der Waals surface area contributed by atoms with Gasteiger partial charge in [-0.05, 0) is 22.0 Å². The van der Waals surface area contributed by atoms with Gasteiger partial charge in [0, 0.05) is 0 Å². The minimum Gasteiger partial charge on any atom is -0.403 e. The van der Waals surface area contributed by atoms with Gasteiger partial charge in [0.25, 0.3) is 0 Å². The Morgan fingerprint density at radius 2 is 2.08 bits per heavy atom. The van der Waals surface area contributed by atoms with Gasteiger partial charge in [0.05, 0.1) is 10.7 Å². The monoisotopic (exact) mass is 256 g/mol. The second-order valence-electron chi connectivity index (χ2n) is 2.09. The van der Waals surface area contributed by atoms with Crippen LogP contribution in [0.2, 0.25) is 0 Å². The molecule has 1 heterocycles. The first-order chi connectivity index (χ1) is 5.88. The summed E-state index contributed by atoms with van der Waals surface area (Å²) in [4.78, 5) is 3.45. The molecule has 0 aliphatic heterocycles. The number of anilines is 1. The minimum absolute atomic E-state index is 0.109. The summed E-state index contributed by atoms with van der Waals surface area (Å²) in [5, 5.41) is 0. The minimum atomic E-state index is -4.72. The summed E-state index contributed by atoms with van der Waals surface area (Å²) < 4.78 is 38.9. The first-order valence-corrected chi connectivity index (χ1v) is 3.84. The van der Waals surface area contributed by atoms with Gasteiger partial charge in [0.2, 0.25) is 0 Å². The third-order valence-electron chi connectivity index (χ3n) is 1.07. The molecule has 0 aliphatic carbocycles. The highest BCUT2D eigenvalue weighted by molar-refractivity contribution is 9.10. The maximum atomic E-state index is 11.7. The molecule has 0 bridgehead atoms. The average molecular weight is 257 g/mol. The lowest BCUT2D eigenvalue weighted by molar-refractivity contribution is -0.275. The van der Waals surface area contributed by atoms with Crippen molar-refractivity contribution in [2.75, 3.05) is 5.73 Å². The van der Waals surface area contributed by atoms with E-state index in [4.69, 9.17) is 5.73 Å². The number of hydrogen-bond acceptors (Lipinski definition) is 3. The Kier molecular flexibility index (Phi) is 2.65. The molecule has 1 aromatic rings. The van der Waals surface area contributed by atoms with Crippen molar-refractivity contribution in [1.29, 1.82) is 0 Å². The van der Waals surface area contributed by atoms with E-state index >= 15 is 0 Å². The predicted octanol–water partition coefficient (Wildman–Crippen LogP) is 2.32. The van der Waals surface area contributed by atoms with E-state index in [1.54, 1.807) is 0 Å². The van der Waals surface area contributed by atoms with Crippen LogP contribution in [0.5, 0.6) is 5.75 Å². The molecular weight excluding hydrogens is 253 g/mol. The average Bonchev–Trinajstić information content (AvgIpc) is 1.93. The van der Waals surface area contributed by atoms with Crippen LogP contribution in [-0.4, -0.2) is 11.3 Å². The molecule has 1 rings (SSSR count). The smallest absolute Gasteiger partial charge is 0.403 e. The highest BCUT2D eigenvalue weighted by Gasteiger charge is 2.32. The van der Waals surface area contributed by atoms with Crippen LogP contribution >= 0.6 is 15.9 Å². The van der Waals surface area contributed by atoms with E-state index < -0.39 is 12.1 Å². The quantitative estimate of drug-likeness (QED) is 0.839. The predicted molar refractivity (Wildman–Crippen MR) is 43.0 cm³/mol. The molecule has 0 aliphatic rings. The molecule has 0 atom stereocenters. The van der Waals surface area contributed by atoms with Gasteiger partial charge in [0.15, 0.2) is 5.75 Å². The lowest BCUT2D eigenvalue weighted by atomic mass is 10.4. The van der Waals surface area contributed by atoms with Crippen molar-refractivity contribution in [3.8, 4) is 5.75 Å². The van der Waals surface area contributed by atoms with Crippen LogP contribution in [0, 0.1) is 0 Å². The first kappa shape index (κ1) is 10.1. The van der Waals surface area contributed by atoms with E-state index in [-0.39, 0.29) is 10.3 Å². The molecule has 0 amide bonds. The van der Waals surface area contributed by atoms with Gasteiger partial charge >= 0.3 is 6.36 Å². The van der Waals surface area contributed by atoms with Gasteiger partial charge < -0.3 is 10.5 Å². The maximum absolute atomic E-state index is 11.7. The molecule has 0 unspecified atom stereocenters. The van der Waals surface area contributed by atoms with E-state index in [2.05, 4.69) is 25.7 Å². The van der Waals surface area contributed by atoms with Crippen molar-refractivity contribution in [3.63, 3.8) is 0 Å². The summed E-state index contributed by atoms with van der Waals surface area (Å²) >= 11 is 2.85. The second-order valence-corrected chi connectivity index (χ2v) is 2.94. The number of rotatable bonds is 1. The van der Waals surface area contributed by atoms with E-state index in [9.17, 15) is 13.2 Å². The fourth-order valence-electron chi connectivity index (χ4n) is 0.633. The molecule has 2 N–H and O–H groups in total. The molecule has 0 aromatic carbocycles. The molecule has 0 fully saturated rings. The molecule has 7 heteroatoms. The van der Waals surface area contributed by atoms with Gasteiger partial charge in [-0.3, -0.25) is 0 Å². The number of nitrogen functional groups attached to an aromatic ring is 1. The van der Waals surface area contributed by atoms with E-state index in [0.29, 0.717) is 0 Å². The van der Waals surface area contributed by atoms with Gasteiger partial charge in [-0.15, -0.1) is 13.2 Å². The van der Waals surface area contributed by atoms with Crippen molar-refractivity contribution >= 4 is 21.7 Å². The number of nitrogens with zero attached hydrogens (tertiary/aromatic N) is 1. The molecule has 72 valence electrons. The van der Waals surface area contributed by atoms with Gasteiger partial charge in [-0.2, -0.15) is 0 Å². The normalized spacial score (nSPS) is 11.4. The third kappa shape index (κ3) is 3.10. The second kappa shape index (κ2) is 3.41. The number of aromatic nitrogens is 1. The first-order valence-electron chi connectivity index (χ1n) is 3.05. The summed E-state index contributed by atoms with van der Waals surface area (Å²) in [6.45, 7) is 0. The van der Waals surface area contributed by atoms with E-state index in [1.165, 1.54) is 6.07 Å². The molecule has 0 saturated heterocycles. The Balaban J connectivity index is 2.90. The molecule has 0 spiro atoms. The van der Waals surface area contributed by atoms with Gasteiger partial charge in [-0.25, -0.2) is 4.98 Å². The van der Waals surface area contributed by atoms with Crippen molar-refractivity contribution < 1.29 is 17.9 Å². The summed E-state index contributed by atoms with van der Waals surface area (Å²) in [5.41, 5.74) is 5.21. The lowest BCUT2D eigenvalue weighted by Gasteiger charge is -2.09. The Labute approximate surface area is 79.8 Å². The molecule has 1 aromatic heterocycles. The van der Waals surface area contributed by atoms with E-state index in [1.807, 2.05) is 0 Å². The number of hydrogen-bond donors (Lipinski definition) is 1. The SMILES string of the molecule is Nc1cc(Br)c(OC(F)(F)F)cn1. The number of pyridine rings is 1. The zero-order valence-corrected chi connectivity index (χ0v) is 7.69. The van der Waals surface area contributed by atoms with Crippen LogP contribution in [0.1, 0.15) is 0 Å². The summed E-state index contributed by atoms with van der Waals surface area (Å²) in [6.07, 6.45) is -3.83. The van der Waals surface area contributed by atoms with Crippen LogP contribution < -0.4 is 10.5 Å². The number of halogens is 4. The highest BCUT2D eigenvalue weighted by atomic mass is 79.9. The van der Waals surface area contributed by atoms with Crippen molar-refractivity contribution in [3.05, 3.63) is 16.7 Å². The number of ether oxygens (including phenoxy) is 1. The topological polar surface area (TPSA) is 48.1 Å². The van der Waals surface area contributed by atoms with E-state index in [0.717, 1.165) is 6.20 Å². The van der Waals surface area contributed by atoms with Crippen LogP contribution in [0.3, 0.4) is 0 Å². The third-order valence-corrected chi connectivity index (χ3v) is 1.69. The van der Waals surface area contributed by atoms with Crippen LogP contribution in [-0.2, 0) is 0 Å². The lowest BCUT2D eigenvalue weighted by Crippen LogP contribution is -2.17. The largest absolute Gasteiger partial charge is 0.573 e. The van der Waals surface area contributed by atoms with Crippen LogP contribution in [0.4, 0.5) is 19.0 Å². The molecule has 3 nitrogen and oxygen atoms in total. The molecular formula is C6H4BrF3N2O. The maximum Gasteiger partial charge on any atom is 0.573 e. The van der Waals surface area contributed by atoms with Crippen molar-refractivity contribution in [2.45, 2.75) is 6.36 Å². The van der Waals surface area contributed by atoms with Crippen molar-refractivity contribution in [2.24, 2.45) is 0 Å². The zero-order chi connectivity index (χ0) is 10.1. The van der Waals surface area contributed by atoms with Crippen LogP contribution in [0.25, 0.3) is 0 Å². The number of nitrogens with two attached hydrogens (primary N) is 1. The van der Waals surface area contributed by atoms with Crippen molar-refractivity contribution in [1.82, 2.24) is 4.98 Å². The zero-order valence-electron chi connectivity index (χ0n) is 6.10. The fraction of sp³-hybridized carbons (Fsp3) is 0.167. The molecule has 0 radical (unpaired) electrons. The molecule has 0 saturated carbocycles. The highest BCUT2D eigenvalue weighted by Crippen LogP contribution is 2.30. The molecule has 13 heavy (non-hydrogen) atoms. The summed E-state index contributed by atoms with van der Waals surface area (Å²) in [5.74, 6) is -0.303. The van der Waals surface area contributed by atoms with Gasteiger partial charge in [0.1, 0.15) is 5.82 Å². The Morgan fingerprint density at radius 1 is 1.46 bits per heavy atom. The summed E-state index contributed by atoms with van der Waals surface area (Å²) in [7, 11) is 0. The Bertz CT molecular complexity index is 315. The van der Waals surface area contributed by atoms with Crippen LogP contribution in [0.15, 0.2) is 16.7 Å².